The lowest BCUT2D eigenvalue weighted by molar-refractivity contribution is -0.151. The van der Waals surface area contributed by atoms with Crippen LogP contribution in [0, 0.1) is 11.3 Å². The fraction of sp³-hybridized carbons (Fsp3) is 0.857. The molecule has 1 N–H and O–H groups in total. The monoisotopic (exact) mass is 164 g/mol. The molecule has 0 saturated heterocycles. The van der Waals surface area contributed by atoms with E-state index in [1.807, 2.05) is 0 Å². The molecule has 0 atom stereocenters. The average molecular weight is 164 g/mol. The van der Waals surface area contributed by atoms with Crippen molar-refractivity contribution in [2.24, 2.45) is 11.3 Å². The molecule has 1 saturated carbocycles. The number of alkyl halides is 2. The van der Waals surface area contributed by atoms with Crippen LogP contribution in [0.15, 0.2) is 0 Å². The molecule has 0 aromatic rings. The highest BCUT2D eigenvalue weighted by atomic mass is 19.1. The second-order valence-electron chi connectivity index (χ2n) is 3.21. The molecule has 1 aliphatic rings. The minimum Gasteiger partial charge on any atom is -0.481 e. The maximum atomic E-state index is 12.1. The van der Waals surface area contributed by atoms with Gasteiger partial charge in [-0.25, -0.2) is 0 Å². The Hall–Kier alpha value is -0.670. The van der Waals surface area contributed by atoms with Gasteiger partial charge in [0.1, 0.15) is 0 Å². The summed E-state index contributed by atoms with van der Waals surface area (Å²) in [5, 5.41) is 8.41. The first-order chi connectivity index (χ1) is 5.13. The minimum absolute atomic E-state index is 0.148. The summed E-state index contributed by atoms with van der Waals surface area (Å²) in [6.07, 6.45) is 0.296. The van der Waals surface area contributed by atoms with Gasteiger partial charge >= 0.3 is 5.97 Å². The molecule has 1 aliphatic carbocycles. The van der Waals surface area contributed by atoms with E-state index in [1.165, 1.54) is 0 Å². The highest BCUT2D eigenvalue weighted by molar-refractivity contribution is 5.71. The Bertz CT molecular complexity index is 158. The number of hydrogen-bond donors (Lipinski definition) is 1. The highest BCUT2D eigenvalue weighted by Gasteiger charge is 2.47. The first-order valence-corrected chi connectivity index (χ1v) is 3.48. The Morgan fingerprint density at radius 2 is 1.91 bits per heavy atom. The lowest BCUT2D eigenvalue weighted by Gasteiger charge is -2.41. The van der Waals surface area contributed by atoms with Gasteiger partial charge in [0.15, 0.2) is 0 Å². The summed E-state index contributed by atoms with van der Waals surface area (Å²) in [7, 11) is 0. The van der Waals surface area contributed by atoms with E-state index in [4.69, 9.17) is 5.11 Å². The zero-order valence-corrected chi connectivity index (χ0v) is 6.02. The molecule has 0 bridgehead atoms. The van der Waals surface area contributed by atoms with E-state index < -0.39 is 30.7 Å². The van der Waals surface area contributed by atoms with E-state index in [1.54, 1.807) is 0 Å². The molecule has 11 heavy (non-hydrogen) atoms. The molecular formula is C7H10F2O2. The predicted molar refractivity (Wildman–Crippen MR) is 34.7 cm³/mol. The molecule has 1 rings (SSSR count). The molecule has 0 aromatic carbocycles. The fourth-order valence-electron chi connectivity index (χ4n) is 1.41. The smallest absolute Gasteiger partial charge is 0.306 e. The second-order valence-corrected chi connectivity index (χ2v) is 3.21. The van der Waals surface area contributed by atoms with E-state index in [0.717, 1.165) is 0 Å². The number of carbonyl (C=O) groups is 1. The van der Waals surface area contributed by atoms with Gasteiger partial charge in [0, 0.05) is 5.41 Å². The lowest BCUT2D eigenvalue weighted by atomic mass is 9.63. The molecule has 0 radical (unpaired) electrons. The van der Waals surface area contributed by atoms with Crippen LogP contribution in [0.2, 0.25) is 0 Å². The molecule has 0 spiro atoms. The quantitative estimate of drug-likeness (QED) is 0.684. The third-order valence-electron chi connectivity index (χ3n) is 2.28. The Balaban J connectivity index is 2.41. The topological polar surface area (TPSA) is 37.3 Å². The molecular weight excluding hydrogens is 154 g/mol. The van der Waals surface area contributed by atoms with E-state index in [0.29, 0.717) is 0 Å². The van der Waals surface area contributed by atoms with Gasteiger partial charge < -0.3 is 5.11 Å². The second kappa shape index (κ2) is 2.75. The van der Waals surface area contributed by atoms with E-state index >= 15 is 0 Å². The SMILES string of the molecule is O=C(O)C1CC(CF)(CF)C1. The van der Waals surface area contributed by atoms with Crippen LogP contribution in [-0.2, 0) is 4.79 Å². The summed E-state index contributed by atoms with van der Waals surface area (Å²) < 4.78 is 24.2. The molecule has 4 heteroatoms. The van der Waals surface area contributed by atoms with Crippen molar-refractivity contribution in [3.63, 3.8) is 0 Å². The van der Waals surface area contributed by atoms with Crippen molar-refractivity contribution in [1.29, 1.82) is 0 Å². The maximum absolute atomic E-state index is 12.1. The molecule has 1 fully saturated rings. The van der Waals surface area contributed by atoms with Gasteiger partial charge in [0.05, 0.1) is 19.3 Å². The number of carboxylic acids is 1. The Labute approximate surface area is 63.2 Å². The van der Waals surface area contributed by atoms with Crippen LogP contribution < -0.4 is 0 Å². The molecule has 2 nitrogen and oxygen atoms in total. The maximum Gasteiger partial charge on any atom is 0.306 e. The number of halogens is 2. The number of rotatable bonds is 3. The van der Waals surface area contributed by atoms with E-state index in [-0.39, 0.29) is 12.8 Å². The van der Waals surface area contributed by atoms with Crippen LogP contribution in [0.1, 0.15) is 12.8 Å². The Morgan fingerprint density at radius 1 is 1.45 bits per heavy atom. The van der Waals surface area contributed by atoms with Crippen LogP contribution >= 0.6 is 0 Å². The number of hydrogen-bond acceptors (Lipinski definition) is 1. The van der Waals surface area contributed by atoms with Crippen molar-refractivity contribution < 1.29 is 18.7 Å². The first kappa shape index (κ1) is 8.43. The summed E-state index contributed by atoms with van der Waals surface area (Å²) in [5.74, 6) is -1.47. The van der Waals surface area contributed by atoms with Gasteiger partial charge in [-0.05, 0) is 12.8 Å². The normalized spacial score (nSPS) is 22.7. The van der Waals surface area contributed by atoms with Gasteiger partial charge in [-0.15, -0.1) is 0 Å². The van der Waals surface area contributed by atoms with Gasteiger partial charge in [-0.2, -0.15) is 0 Å². The fourth-order valence-corrected chi connectivity index (χ4v) is 1.41. The van der Waals surface area contributed by atoms with Crippen LogP contribution in [0.25, 0.3) is 0 Å². The Morgan fingerprint density at radius 3 is 2.18 bits per heavy atom. The molecule has 0 heterocycles. The molecule has 64 valence electrons. The number of carboxylic acid groups (broad SMARTS) is 1. The first-order valence-electron chi connectivity index (χ1n) is 3.48. The van der Waals surface area contributed by atoms with E-state index in [9.17, 15) is 13.6 Å². The van der Waals surface area contributed by atoms with Gasteiger partial charge in [-0.1, -0.05) is 0 Å². The highest BCUT2D eigenvalue weighted by Crippen LogP contribution is 2.46. The van der Waals surface area contributed by atoms with Crippen molar-refractivity contribution in [1.82, 2.24) is 0 Å². The number of aliphatic carboxylic acids is 1. The molecule has 0 unspecified atom stereocenters. The summed E-state index contributed by atoms with van der Waals surface area (Å²) in [5.41, 5.74) is -0.955. The van der Waals surface area contributed by atoms with Gasteiger partial charge in [0.25, 0.3) is 0 Å². The van der Waals surface area contributed by atoms with Crippen molar-refractivity contribution >= 4 is 5.97 Å². The zero-order chi connectivity index (χ0) is 8.48. The molecule has 0 aliphatic heterocycles. The average Bonchev–Trinajstić information content (AvgIpc) is 1.87. The van der Waals surface area contributed by atoms with Crippen molar-refractivity contribution in [2.45, 2.75) is 12.8 Å². The Kier molecular flexibility index (Phi) is 2.11. The van der Waals surface area contributed by atoms with Gasteiger partial charge in [-0.3, -0.25) is 13.6 Å². The van der Waals surface area contributed by atoms with Crippen LogP contribution in [0.3, 0.4) is 0 Å². The van der Waals surface area contributed by atoms with Crippen LogP contribution in [-0.4, -0.2) is 24.4 Å². The molecule has 0 amide bonds. The van der Waals surface area contributed by atoms with Crippen LogP contribution in [0.5, 0.6) is 0 Å². The van der Waals surface area contributed by atoms with Crippen molar-refractivity contribution in [3.8, 4) is 0 Å². The zero-order valence-electron chi connectivity index (χ0n) is 6.02. The van der Waals surface area contributed by atoms with Crippen molar-refractivity contribution in [2.75, 3.05) is 13.3 Å². The van der Waals surface area contributed by atoms with Crippen molar-refractivity contribution in [3.05, 3.63) is 0 Å². The molecule has 0 aromatic heterocycles. The van der Waals surface area contributed by atoms with E-state index in [2.05, 4.69) is 0 Å². The summed E-state index contributed by atoms with van der Waals surface area (Å²) in [6.45, 7) is -1.49. The third-order valence-corrected chi connectivity index (χ3v) is 2.28. The minimum atomic E-state index is -0.955. The lowest BCUT2D eigenvalue weighted by Crippen LogP contribution is -2.44. The largest absolute Gasteiger partial charge is 0.481 e. The summed E-state index contributed by atoms with van der Waals surface area (Å²) in [4.78, 5) is 10.3. The standard InChI is InChI=1S/C7H10F2O2/c8-3-7(4-9)1-5(2-7)6(10)11/h5H,1-4H2,(H,10,11). The van der Waals surface area contributed by atoms with Gasteiger partial charge in [0.2, 0.25) is 0 Å². The predicted octanol–water partition coefficient (Wildman–Crippen LogP) is 1.41. The van der Waals surface area contributed by atoms with Crippen LogP contribution in [0.4, 0.5) is 8.78 Å². The summed E-state index contributed by atoms with van der Waals surface area (Å²) in [6, 6.07) is 0. The summed E-state index contributed by atoms with van der Waals surface area (Å²) >= 11 is 0. The third kappa shape index (κ3) is 1.34.